The maximum absolute atomic E-state index is 8.10. The van der Waals surface area contributed by atoms with Crippen molar-refractivity contribution in [3.63, 3.8) is 0 Å². The maximum atomic E-state index is 8.10. The topological polar surface area (TPSA) is 18.6 Å². The predicted molar refractivity (Wildman–Crippen MR) is 199 cm³/mol. The number of hydrogen-bond acceptors (Lipinski definition) is 0. The van der Waals surface area contributed by atoms with Gasteiger partial charge in [-0.3, -0.25) is 0 Å². The highest BCUT2D eigenvalue weighted by atomic mass is 15.0. The smallest absolute Gasteiger partial charge is 0.211 e. The third-order valence-electron chi connectivity index (χ3n) is 9.38. The lowest BCUT2D eigenvalue weighted by molar-refractivity contribution is 1.18. The molecule has 0 bridgehead atoms. The summed E-state index contributed by atoms with van der Waals surface area (Å²) < 4.78 is 4.51. The summed E-state index contributed by atoms with van der Waals surface area (Å²) >= 11 is 0. The Labute approximate surface area is 277 Å². The van der Waals surface area contributed by atoms with E-state index in [0.717, 1.165) is 55.4 Å². The molecule has 0 amide bonds. The van der Waals surface area contributed by atoms with Crippen molar-refractivity contribution in [2.45, 2.75) is 0 Å². The van der Waals surface area contributed by atoms with Crippen LogP contribution in [-0.2, 0) is 0 Å². The molecule has 0 atom stereocenters. The molecule has 2 aromatic heterocycles. The number of fused-ring (bicyclic) bond motifs is 6. The van der Waals surface area contributed by atoms with Gasteiger partial charge in [0.15, 0.2) is 5.69 Å². The molecule has 9 rings (SSSR count). The standard InChI is InChI=1S/C44H26N4/c1-45-38-27-24-30(29-22-25-31(26-23-29)47-40-18-7-3-12-32(40)33-13-4-8-19-41(33)47)28-37(38)35-15-6-10-21-43(35)48-42-20-9-5-14-34(42)36-16-11-17-39(46-2)44(36)48/h3-28H. The molecule has 0 spiro atoms. The molecular weight excluding hydrogens is 585 g/mol. The van der Waals surface area contributed by atoms with Crippen LogP contribution < -0.4 is 0 Å². The van der Waals surface area contributed by atoms with Crippen LogP contribution in [0.2, 0.25) is 0 Å². The molecule has 0 aliphatic carbocycles. The molecule has 0 radical (unpaired) electrons. The third kappa shape index (κ3) is 4.07. The van der Waals surface area contributed by atoms with E-state index in [1.807, 2.05) is 48.5 Å². The van der Waals surface area contributed by atoms with Crippen LogP contribution in [0, 0.1) is 13.1 Å². The van der Waals surface area contributed by atoms with Crippen LogP contribution in [0.4, 0.5) is 11.4 Å². The van der Waals surface area contributed by atoms with Gasteiger partial charge in [-0.15, -0.1) is 0 Å². The number of nitrogens with zero attached hydrogens (tertiary/aromatic N) is 4. The van der Waals surface area contributed by atoms with Crippen molar-refractivity contribution in [1.82, 2.24) is 9.13 Å². The molecule has 0 aliphatic heterocycles. The molecule has 0 saturated carbocycles. The van der Waals surface area contributed by atoms with Gasteiger partial charge >= 0.3 is 0 Å². The molecule has 9 aromatic rings. The highest BCUT2D eigenvalue weighted by Crippen LogP contribution is 2.43. The molecule has 0 aliphatic rings. The Morgan fingerprint density at radius 3 is 1.60 bits per heavy atom. The highest BCUT2D eigenvalue weighted by molar-refractivity contribution is 6.14. The first-order valence-electron chi connectivity index (χ1n) is 15.8. The van der Waals surface area contributed by atoms with Gasteiger partial charge in [0.05, 0.1) is 40.9 Å². The lowest BCUT2D eigenvalue weighted by Gasteiger charge is -2.17. The zero-order valence-electron chi connectivity index (χ0n) is 25.8. The zero-order chi connectivity index (χ0) is 32.2. The van der Waals surface area contributed by atoms with E-state index in [9.17, 15) is 0 Å². The average Bonchev–Trinajstić information content (AvgIpc) is 3.68. The average molecular weight is 611 g/mol. The molecule has 222 valence electrons. The molecule has 48 heavy (non-hydrogen) atoms. The number of hydrogen-bond donors (Lipinski definition) is 0. The first kappa shape index (κ1) is 27.4. The summed E-state index contributed by atoms with van der Waals surface area (Å²) in [6.07, 6.45) is 0. The lowest BCUT2D eigenvalue weighted by Crippen LogP contribution is -1.97. The van der Waals surface area contributed by atoms with Gasteiger partial charge in [0.25, 0.3) is 0 Å². The van der Waals surface area contributed by atoms with Gasteiger partial charge in [-0.2, -0.15) is 0 Å². The summed E-state index contributed by atoms with van der Waals surface area (Å²) in [4.78, 5) is 7.87. The fourth-order valence-electron chi connectivity index (χ4n) is 7.27. The van der Waals surface area contributed by atoms with Crippen LogP contribution in [0.1, 0.15) is 0 Å². The Bertz CT molecular complexity index is 2750. The molecule has 0 saturated heterocycles. The van der Waals surface area contributed by atoms with E-state index in [2.05, 4.69) is 128 Å². The lowest BCUT2D eigenvalue weighted by atomic mass is 9.96. The summed E-state index contributed by atoms with van der Waals surface area (Å²) in [6.45, 7) is 16.1. The Morgan fingerprint density at radius 1 is 0.396 bits per heavy atom. The Kier molecular flexibility index (Phi) is 6.22. The minimum atomic E-state index is 0.583. The SMILES string of the molecule is [C-]#[N+]c1ccc(-c2ccc(-n3c4ccccc4c4ccccc43)cc2)cc1-c1ccccc1-n1c2ccccc2c2cccc([N+]#[C-])c21. The second kappa shape index (κ2) is 10.9. The van der Waals surface area contributed by atoms with Gasteiger partial charge < -0.3 is 9.13 Å². The van der Waals surface area contributed by atoms with Crippen molar-refractivity contribution in [2.75, 3.05) is 0 Å². The predicted octanol–water partition coefficient (Wildman–Crippen LogP) is 12.3. The maximum Gasteiger partial charge on any atom is 0.211 e. The van der Waals surface area contributed by atoms with Crippen molar-refractivity contribution in [3.05, 3.63) is 181 Å². The van der Waals surface area contributed by atoms with E-state index in [1.165, 1.54) is 21.8 Å². The summed E-state index contributed by atoms with van der Waals surface area (Å²) in [5.41, 5.74) is 11.4. The largest absolute Gasteiger partial charge is 0.318 e. The summed E-state index contributed by atoms with van der Waals surface area (Å²) in [5.74, 6) is 0. The van der Waals surface area contributed by atoms with Crippen molar-refractivity contribution >= 4 is 55.0 Å². The molecule has 4 nitrogen and oxygen atoms in total. The second-order valence-electron chi connectivity index (χ2n) is 11.9. The summed E-state index contributed by atoms with van der Waals surface area (Å²) in [5, 5.41) is 4.61. The van der Waals surface area contributed by atoms with Crippen LogP contribution in [0.3, 0.4) is 0 Å². The quantitative estimate of drug-likeness (QED) is 0.177. The molecule has 2 heterocycles. The molecule has 0 unspecified atom stereocenters. The molecule has 7 aromatic carbocycles. The molecule has 0 N–H and O–H groups in total. The van der Waals surface area contributed by atoms with E-state index in [0.29, 0.717) is 11.4 Å². The fraction of sp³-hybridized carbons (Fsp3) is 0. The van der Waals surface area contributed by atoms with Gasteiger partial charge in [0.1, 0.15) is 0 Å². The first-order chi connectivity index (χ1) is 23.7. The van der Waals surface area contributed by atoms with Crippen LogP contribution in [-0.4, -0.2) is 9.13 Å². The second-order valence-corrected chi connectivity index (χ2v) is 11.9. The monoisotopic (exact) mass is 610 g/mol. The van der Waals surface area contributed by atoms with Crippen molar-refractivity contribution in [1.29, 1.82) is 0 Å². The van der Waals surface area contributed by atoms with Crippen molar-refractivity contribution in [3.8, 4) is 33.6 Å². The van der Waals surface area contributed by atoms with Gasteiger partial charge in [-0.25, -0.2) is 9.69 Å². The van der Waals surface area contributed by atoms with Crippen LogP contribution in [0.15, 0.2) is 158 Å². The highest BCUT2D eigenvalue weighted by Gasteiger charge is 2.19. The van der Waals surface area contributed by atoms with Gasteiger partial charge in [-0.05, 0) is 64.0 Å². The van der Waals surface area contributed by atoms with Crippen molar-refractivity contribution in [2.24, 2.45) is 0 Å². The minimum absolute atomic E-state index is 0.583. The van der Waals surface area contributed by atoms with Gasteiger partial charge in [0, 0.05) is 21.8 Å². The van der Waals surface area contributed by atoms with E-state index < -0.39 is 0 Å². The van der Waals surface area contributed by atoms with Crippen LogP contribution in [0.25, 0.3) is 86.9 Å². The normalized spacial score (nSPS) is 11.3. The zero-order valence-corrected chi connectivity index (χ0v) is 25.8. The number of aromatic nitrogens is 2. The van der Waals surface area contributed by atoms with E-state index >= 15 is 0 Å². The fourth-order valence-corrected chi connectivity index (χ4v) is 7.27. The summed E-state index contributed by atoms with van der Waals surface area (Å²) in [6, 6.07) is 54.2. The van der Waals surface area contributed by atoms with E-state index in [-0.39, 0.29) is 0 Å². The van der Waals surface area contributed by atoms with Crippen LogP contribution in [0.5, 0.6) is 0 Å². The van der Waals surface area contributed by atoms with E-state index in [1.54, 1.807) is 0 Å². The minimum Gasteiger partial charge on any atom is -0.318 e. The van der Waals surface area contributed by atoms with Crippen LogP contribution >= 0.6 is 0 Å². The first-order valence-corrected chi connectivity index (χ1v) is 15.8. The molecular formula is C44H26N4. The Balaban J connectivity index is 1.20. The number of rotatable bonds is 4. The number of benzene rings is 7. The summed E-state index contributed by atoms with van der Waals surface area (Å²) in [7, 11) is 0. The Hall–Kier alpha value is -6.88. The third-order valence-corrected chi connectivity index (χ3v) is 9.38. The molecule has 0 fully saturated rings. The van der Waals surface area contributed by atoms with E-state index in [4.69, 9.17) is 13.1 Å². The Morgan fingerprint density at radius 2 is 0.938 bits per heavy atom. The number of para-hydroxylation sites is 5. The molecule has 4 heteroatoms. The van der Waals surface area contributed by atoms with Gasteiger partial charge in [-0.1, -0.05) is 121 Å². The van der Waals surface area contributed by atoms with Gasteiger partial charge in [0.2, 0.25) is 5.69 Å². The van der Waals surface area contributed by atoms with Crippen molar-refractivity contribution < 1.29 is 0 Å².